The van der Waals surface area contributed by atoms with E-state index >= 15 is 0 Å². The summed E-state index contributed by atoms with van der Waals surface area (Å²) in [5.74, 6) is -0.430. The number of carbonyl (C=O) groups is 2. The molecule has 1 heterocycles. The molecule has 1 aliphatic carbocycles. The molecular formula is C14H20O4. The molecule has 4 nitrogen and oxygen atoms in total. The molecule has 0 amide bonds. The molecule has 0 unspecified atom stereocenters. The molecule has 2 aliphatic rings. The Morgan fingerprint density at radius 2 is 1.39 bits per heavy atom. The highest BCUT2D eigenvalue weighted by Crippen LogP contribution is 2.43. The van der Waals surface area contributed by atoms with Crippen molar-refractivity contribution < 1.29 is 19.1 Å². The quantitative estimate of drug-likeness (QED) is 0.490. The van der Waals surface area contributed by atoms with Gasteiger partial charge in [-0.05, 0) is 23.8 Å². The molecule has 0 aromatic rings. The van der Waals surface area contributed by atoms with Crippen LogP contribution in [0.4, 0.5) is 0 Å². The van der Waals surface area contributed by atoms with E-state index in [-0.39, 0.29) is 30.6 Å². The van der Waals surface area contributed by atoms with Gasteiger partial charge in [-0.3, -0.25) is 9.59 Å². The molecule has 0 aromatic carbocycles. The van der Waals surface area contributed by atoms with Crippen molar-refractivity contribution in [3.63, 3.8) is 0 Å². The molecule has 0 N–H and O–H groups in total. The number of rotatable bonds is 0. The van der Waals surface area contributed by atoms with E-state index in [4.69, 9.17) is 9.47 Å². The van der Waals surface area contributed by atoms with E-state index in [1.807, 2.05) is 0 Å². The van der Waals surface area contributed by atoms with Crippen molar-refractivity contribution in [3.05, 3.63) is 12.2 Å². The first kappa shape index (κ1) is 13.1. The number of hydrogen-bond acceptors (Lipinski definition) is 4. The van der Waals surface area contributed by atoms with Gasteiger partial charge in [-0.2, -0.15) is 0 Å². The maximum atomic E-state index is 11.8. The molecule has 2 fully saturated rings. The predicted molar refractivity (Wildman–Crippen MR) is 65.8 cm³/mol. The van der Waals surface area contributed by atoms with Gasteiger partial charge in [-0.25, -0.2) is 0 Å². The van der Waals surface area contributed by atoms with E-state index in [9.17, 15) is 9.59 Å². The fourth-order valence-electron chi connectivity index (χ4n) is 2.84. The average molecular weight is 252 g/mol. The van der Waals surface area contributed by atoms with Crippen LogP contribution in [0.5, 0.6) is 0 Å². The smallest absolute Gasteiger partial charge is 0.306 e. The first-order valence-corrected chi connectivity index (χ1v) is 6.58. The van der Waals surface area contributed by atoms with Gasteiger partial charge >= 0.3 is 11.9 Å². The van der Waals surface area contributed by atoms with E-state index < -0.39 is 0 Å². The fourth-order valence-corrected chi connectivity index (χ4v) is 2.84. The third kappa shape index (κ3) is 3.34. The Hall–Kier alpha value is -1.32. The molecule has 18 heavy (non-hydrogen) atoms. The van der Waals surface area contributed by atoms with Gasteiger partial charge in [0.05, 0.1) is 12.8 Å². The highest BCUT2D eigenvalue weighted by molar-refractivity contribution is 5.75. The van der Waals surface area contributed by atoms with Gasteiger partial charge in [0.2, 0.25) is 0 Å². The summed E-state index contributed by atoms with van der Waals surface area (Å²) in [5, 5.41) is 0. The topological polar surface area (TPSA) is 52.6 Å². The summed E-state index contributed by atoms with van der Waals surface area (Å²) in [4.78, 5) is 23.6. The van der Waals surface area contributed by atoms with Gasteiger partial charge in [0.25, 0.3) is 0 Å². The first-order valence-electron chi connectivity index (χ1n) is 6.58. The summed E-state index contributed by atoms with van der Waals surface area (Å²) in [6.07, 6.45) is 5.82. The minimum Gasteiger partial charge on any atom is -0.461 e. The maximum absolute atomic E-state index is 11.8. The molecule has 2 rings (SSSR count). The third-order valence-electron chi connectivity index (χ3n) is 3.83. The van der Waals surface area contributed by atoms with Crippen molar-refractivity contribution in [1.82, 2.24) is 0 Å². The Bertz CT molecular complexity index is 327. The van der Waals surface area contributed by atoms with Crippen molar-refractivity contribution in [2.24, 2.45) is 5.41 Å². The van der Waals surface area contributed by atoms with E-state index in [0.29, 0.717) is 18.4 Å². The zero-order chi connectivity index (χ0) is 13.0. The van der Waals surface area contributed by atoms with E-state index in [0.717, 1.165) is 25.7 Å². The highest BCUT2D eigenvalue weighted by Gasteiger charge is 2.38. The van der Waals surface area contributed by atoms with Gasteiger partial charge in [0.15, 0.2) is 0 Å². The van der Waals surface area contributed by atoms with E-state index in [1.165, 1.54) is 6.42 Å². The number of ether oxygens (including phenoxy) is 2. The molecular weight excluding hydrogens is 232 g/mol. The molecule has 0 aromatic heterocycles. The number of hydrogen-bond donors (Lipinski definition) is 0. The molecule has 100 valence electrons. The summed E-state index contributed by atoms with van der Waals surface area (Å²) >= 11 is 0. The van der Waals surface area contributed by atoms with Crippen LogP contribution in [0.3, 0.4) is 0 Å². The molecule has 1 spiro atoms. The van der Waals surface area contributed by atoms with Crippen LogP contribution in [0.25, 0.3) is 0 Å². The number of carbonyl (C=O) groups excluding carboxylic acids is 2. The summed E-state index contributed by atoms with van der Waals surface area (Å²) in [5.41, 5.74) is 0.391. The largest absolute Gasteiger partial charge is 0.461 e. The second-order valence-electron chi connectivity index (χ2n) is 5.49. The molecule has 1 saturated heterocycles. The lowest BCUT2D eigenvalue weighted by Crippen LogP contribution is -2.33. The minimum atomic E-state index is -0.231. The highest BCUT2D eigenvalue weighted by atomic mass is 16.5. The molecule has 1 saturated carbocycles. The Kier molecular flexibility index (Phi) is 4.04. The van der Waals surface area contributed by atoms with Gasteiger partial charge < -0.3 is 9.47 Å². The van der Waals surface area contributed by atoms with E-state index in [2.05, 4.69) is 6.58 Å². The van der Waals surface area contributed by atoms with Crippen LogP contribution in [0.2, 0.25) is 0 Å². The summed E-state index contributed by atoms with van der Waals surface area (Å²) in [6.45, 7) is 4.02. The molecule has 1 aliphatic heterocycles. The second kappa shape index (κ2) is 5.55. The van der Waals surface area contributed by atoms with Crippen molar-refractivity contribution in [2.45, 2.75) is 44.9 Å². The Morgan fingerprint density at radius 3 is 1.89 bits per heavy atom. The predicted octanol–water partition coefficient (Wildman–Crippen LogP) is 2.37. The van der Waals surface area contributed by atoms with Crippen LogP contribution in [-0.2, 0) is 19.1 Å². The summed E-state index contributed by atoms with van der Waals surface area (Å²) in [7, 11) is 0. The molecule has 0 atom stereocenters. The lowest BCUT2D eigenvalue weighted by Gasteiger charge is -2.36. The van der Waals surface area contributed by atoms with Crippen LogP contribution in [0.1, 0.15) is 44.9 Å². The Morgan fingerprint density at radius 1 is 0.889 bits per heavy atom. The van der Waals surface area contributed by atoms with Gasteiger partial charge in [0, 0.05) is 0 Å². The minimum absolute atomic E-state index is 0.155. The lowest BCUT2D eigenvalue weighted by molar-refractivity contribution is -0.153. The zero-order valence-corrected chi connectivity index (χ0v) is 10.7. The molecule has 4 heteroatoms. The van der Waals surface area contributed by atoms with Crippen molar-refractivity contribution in [1.29, 1.82) is 0 Å². The van der Waals surface area contributed by atoms with Crippen LogP contribution >= 0.6 is 0 Å². The zero-order valence-electron chi connectivity index (χ0n) is 10.7. The molecule has 0 bridgehead atoms. The Labute approximate surface area is 107 Å². The van der Waals surface area contributed by atoms with Gasteiger partial charge in [0.1, 0.15) is 13.2 Å². The van der Waals surface area contributed by atoms with Gasteiger partial charge in [-0.15, -0.1) is 0 Å². The lowest BCUT2D eigenvalue weighted by atomic mass is 9.69. The maximum Gasteiger partial charge on any atom is 0.306 e. The van der Waals surface area contributed by atoms with Crippen LogP contribution in [-0.4, -0.2) is 25.2 Å². The summed E-state index contributed by atoms with van der Waals surface area (Å²) < 4.78 is 10.3. The first-order chi connectivity index (χ1) is 8.60. The number of esters is 2. The normalized spacial score (nSPS) is 25.4. The molecule has 0 radical (unpaired) electrons. The van der Waals surface area contributed by atoms with Crippen molar-refractivity contribution in [2.75, 3.05) is 13.2 Å². The monoisotopic (exact) mass is 252 g/mol. The Balaban J connectivity index is 2.10. The third-order valence-corrected chi connectivity index (χ3v) is 3.83. The van der Waals surface area contributed by atoms with Crippen molar-refractivity contribution >= 4 is 11.9 Å². The SMILES string of the molecule is C=C1COC(=O)CC2(CCCCC2)CC(=O)OC1. The second-order valence-corrected chi connectivity index (χ2v) is 5.49. The fraction of sp³-hybridized carbons (Fsp3) is 0.714. The summed E-state index contributed by atoms with van der Waals surface area (Å²) in [6, 6.07) is 0. The average Bonchev–Trinajstić information content (AvgIpc) is 2.34. The number of cyclic esters (lactones) is 2. The standard InChI is InChI=1S/C14H20O4/c1-11-9-17-12(15)7-14(5-3-2-4-6-14)8-13(16)18-10-11/h1-10H2. The van der Waals surface area contributed by atoms with Crippen LogP contribution in [0.15, 0.2) is 12.2 Å². The van der Waals surface area contributed by atoms with E-state index in [1.54, 1.807) is 0 Å². The van der Waals surface area contributed by atoms with Crippen LogP contribution < -0.4 is 0 Å². The van der Waals surface area contributed by atoms with Gasteiger partial charge in [-0.1, -0.05) is 25.8 Å². The van der Waals surface area contributed by atoms with Crippen LogP contribution in [0, 0.1) is 5.41 Å². The van der Waals surface area contributed by atoms with Crippen molar-refractivity contribution in [3.8, 4) is 0 Å².